The van der Waals surface area contributed by atoms with Crippen LogP contribution in [0.15, 0.2) is 108 Å². The van der Waals surface area contributed by atoms with Gasteiger partial charge in [-0.2, -0.15) is 0 Å². The molecule has 0 aliphatic rings. The van der Waals surface area contributed by atoms with Crippen molar-refractivity contribution in [2.75, 3.05) is 10.6 Å². The average Bonchev–Trinajstić information content (AvgIpc) is 2.99. The number of thioether (sulfide) groups is 1. The molecule has 0 saturated carbocycles. The number of aryl methyl sites for hydroxylation is 2. The molecule has 214 valence electrons. The van der Waals surface area contributed by atoms with Gasteiger partial charge in [0, 0.05) is 27.4 Å². The van der Waals surface area contributed by atoms with Crippen LogP contribution in [0.2, 0.25) is 0 Å². The minimum absolute atomic E-state index is 0.104. The fraction of sp³-hybridized carbons (Fsp3) is 0.147. The highest BCUT2D eigenvalue weighted by atomic mass is 32.2. The molecule has 0 fully saturated rings. The predicted molar refractivity (Wildman–Crippen MR) is 168 cm³/mol. The van der Waals surface area contributed by atoms with E-state index in [9.17, 15) is 18.8 Å². The Morgan fingerprint density at radius 1 is 0.833 bits per heavy atom. The van der Waals surface area contributed by atoms with Crippen LogP contribution in [0.5, 0.6) is 0 Å². The highest BCUT2D eigenvalue weighted by Crippen LogP contribution is 2.30. The van der Waals surface area contributed by atoms with E-state index in [1.54, 1.807) is 60.7 Å². The molecule has 3 N–H and O–H groups in total. The van der Waals surface area contributed by atoms with E-state index >= 15 is 0 Å². The summed E-state index contributed by atoms with van der Waals surface area (Å²) in [5.74, 6) is -1.75. The second-order valence-electron chi connectivity index (χ2n) is 9.65. The fourth-order valence-corrected chi connectivity index (χ4v) is 5.25. The number of nitrogens with one attached hydrogen (secondary N) is 3. The topological polar surface area (TPSA) is 87.3 Å². The molecule has 0 bridgehead atoms. The molecule has 4 aromatic carbocycles. The van der Waals surface area contributed by atoms with E-state index < -0.39 is 17.6 Å². The SMILES string of the molecule is CCC(Sc1cccc(NC(=O)/C(=C/c2ccccc2F)NC(=O)c2ccccc2)c1)C(=O)Nc1c(C)cccc1C. The van der Waals surface area contributed by atoms with Crippen LogP contribution >= 0.6 is 11.8 Å². The zero-order valence-corrected chi connectivity index (χ0v) is 24.4. The van der Waals surface area contributed by atoms with Crippen molar-refractivity contribution in [2.45, 2.75) is 37.3 Å². The van der Waals surface area contributed by atoms with Crippen molar-refractivity contribution in [2.24, 2.45) is 0 Å². The number of hydrogen-bond acceptors (Lipinski definition) is 4. The zero-order chi connectivity index (χ0) is 30.1. The first-order valence-corrected chi connectivity index (χ1v) is 14.4. The smallest absolute Gasteiger partial charge is 0.272 e. The number of anilines is 2. The van der Waals surface area contributed by atoms with Crippen LogP contribution in [0.4, 0.5) is 15.8 Å². The van der Waals surface area contributed by atoms with Crippen molar-refractivity contribution in [3.8, 4) is 0 Å². The number of carbonyl (C=O) groups excluding carboxylic acids is 3. The first kappa shape index (κ1) is 30.3. The number of carbonyl (C=O) groups is 3. The molecule has 0 aliphatic heterocycles. The summed E-state index contributed by atoms with van der Waals surface area (Å²) in [6, 6.07) is 27.4. The summed E-state index contributed by atoms with van der Waals surface area (Å²) in [4.78, 5) is 40.2. The lowest BCUT2D eigenvalue weighted by atomic mass is 10.1. The van der Waals surface area contributed by atoms with Crippen LogP contribution in [0.3, 0.4) is 0 Å². The van der Waals surface area contributed by atoms with Crippen LogP contribution < -0.4 is 16.0 Å². The summed E-state index contributed by atoms with van der Waals surface area (Å²) in [7, 11) is 0. The molecule has 4 aromatic rings. The van der Waals surface area contributed by atoms with Crippen LogP contribution in [-0.4, -0.2) is 23.0 Å². The zero-order valence-electron chi connectivity index (χ0n) is 23.6. The lowest BCUT2D eigenvalue weighted by Crippen LogP contribution is -2.30. The second-order valence-corrected chi connectivity index (χ2v) is 10.9. The van der Waals surface area contributed by atoms with Gasteiger partial charge in [-0.3, -0.25) is 14.4 Å². The van der Waals surface area contributed by atoms with E-state index in [-0.39, 0.29) is 22.4 Å². The molecule has 3 amide bonds. The molecular formula is C34H32FN3O3S. The number of amides is 3. The first-order valence-electron chi connectivity index (χ1n) is 13.5. The Kier molecular flexibility index (Phi) is 10.3. The van der Waals surface area contributed by atoms with E-state index in [4.69, 9.17) is 0 Å². The van der Waals surface area contributed by atoms with Crippen LogP contribution in [-0.2, 0) is 9.59 Å². The Labute approximate surface area is 249 Å². The molecule has 4 rings (SSSR count). The maximum Gasteiger partial charge on any atom is 0.272 e. The van der Waals surface area contributed by atoms with Gasteiger partial charge < -0.3 is 16.0 Å². The average molecular weight is 582 g/mol. The summed E-state index contributed by atoms with van der Waals surface area (Å²) in [5.41, 5.74) is 3.65. The maximum atomic E-state index is 14.4. The molecule has 0 spiro atoms. The molecule has 6 nitrogen and oxygen atoms in total. The molecule has 42 heavy (non-hydrogen) atoms. The Balaban J connectivity index is 1.52. The Hall–Kier alpha value is -4.69. The largest absolute Gasteiger partial charge is 0.325 e. The third kappa shape index (κ3) is 7.95. The highest BCUT2D eigenvalue weighted by Gasteiger charge is 2.20. The Morgan fingerprint density at radius 3 is 2.19 bits per heavy atom. The normalized spacial score (nSPS) is 11.9. The molecule has 0 heterocycles. The summed E-state index contributed by atoms with van der Waals surface area (Å²) in [6.07, 6.45) is 1.90. The molecule has 0 aliphatic carbocycles. The van der Waals surface area contributed by atoms with Gasteiger partial charge in [0.2, 0.25) is 5.91 Å². The van der Waals surface area contributed by atoms with Gasteiger partial charge in [0.05, 0.1) is 5.25 Å². The summed E-state index contributed by atoms with van der Waals surface area (Å²) in [6.45, 7) is 5.86. The van der Waals surface area contributed by atoms with Gasteiger partial charge in [-0.1, -0.05) is 67.6 Å². The van der Waals surface area contributed by atoms with Gasteiger partial charge in [0.15, 0.2) is 0 Å². The predicted octanol–water partition coefficient (Wildman–Crippen LogP) is 7.36. The number of benzene rings is 4. The summed E-state index contributed by atoms with van der Waals surface area (Å²) >= 11 is 1.39. The molecule has 8 heteroatoms. The van der Waals surface area contributed by atoms with Crippen molar-refractivity contribution in [3.05, 3.63) is 131 Å². The van der Waals surface area contributed by atoms with E-state index in [0.717, 1.165) is 21.7 Å². The number of para-hydroxylation sites is 1. The Morgan fingerprint density at radius 2 is 1.50 bits per heavy atom. The van der Waals surface area contributed by atoms with Crippen LogP contribution in [0.1, 0.15) is 40.4 Å². The minimum atomic E-state index is -0.621. The quantitative estimate of drug-likeness (QED) is 0.135. The third-order valence-electron chi connectivity index (χ3n) is 6.50. The van der Waals surface area contributed by atoms with Crippen molar-refractivity contribution in [3.63, 3.8) is 0 Å². The van der Waals surface area contributed by atoms with Crippen molar-refractivity contribution in [1.82, 2.24) is 5.32 Å². The van der Waals surface area contributed by atoms with Crippen LogP contribution in [0.25, 0.3) is 6.08 Å². The van der Waals surface area contributed by atoms with Gasteiger partial charge >= 0.3 is 0 Å². The number of rotatable bonds is 10. The Bertz CT molecular complexity index is 1600. The molecule has 1 atom stereocenters. The lowest BCUT2D eigenvalue weighted by molar-refractivity contribution is -0.116. The van der Waals surface area contributed by atoms with Crippen molar-refractivity contribution >= 4 is 46.9 Å². The molecule has 0 radical (unpaired) electrons. The van der Waals surface area contributed by atoms with E-state index in [2.05, 4.69) is 16.0 Å². The van der Waals surface area contributed by atoms with E-state index in [1.165, 1.54) is 30.0 Å². The second kappa shape index (κ2) is 14.3. The molecule has 1 unspecified atom stereocenters. The molecular weight excluding hydrogens is 549 g/mol. The summed E-state index contributed by atoms with van der Waals surface area (Å²) < 4.78 is 14.4. The highest BCUT2D eigenvalue weighted by molar-refractivity contribution is 8.00. The van der Waals surface area contributed by atoms with Crippen molar-refractivity contribution in [1.29, 1.82) is 0 Å². The maximum absolute atomic E-state index is 14.4. The number of hydrogen-bond donors (Lipinski definition) is 3. The van der Waals surface area contributed by atoms with Gasteiger partial charge in [0.25, 0.3) is 11.8 Å². The van der Waals surface area contributed by atoms with Crippen molar-refractivity contribution < 1.29 is 18.8 Å². The van der Waals surface area contributed by atoms with E-state index in [1.807, 2.05) is 45.0 Å². The van der Waals surface area contributed by atoms with Gasteiger partial charge in [0.1, 0.15) is 11.5 Å². The number of halogens is 1. The molecule has 0 saturated heterocycles. The van der Waals surface area contributed by atoms with Gasteiger partial charge in [-0.25, -0.2) is 4.39 Å². The lowest BCUT2D eigenvalue weighted by Gasteiger charge is -2.18. The fourth-order valence-electron chi connectivity index (χ4n) is 4.24. The van der Waals surface area contributed by atoms with Gasteiger partial charge in [-0.05, 0) is 73.9 Å². The summed E-state index contributed by atoms with van der Waals surface area (Å²) in [5, 5.41) is 8.11. The van der Waals surface area contributed by atoms with Crippen LogP contribution in [0, 0.1) is 19.7 Å². The third-order valence-corrected chi connectivity index (χ3v) is 7.85. The molecule has 0 aromatic heterocycles. The minimum Gasteiger partial charge on any atom is -0.325 e. The standard InChI is InChI=1S/C34H32FN3O3S/c1-4-30(34(41)38-31-22(2)12-10-13-23(31)3)42-27-18-11-17-26(21-27)36-33(40)29(20-25-16-8-9-19-28(25)35)37-32(39)24-14-6-5-7-15-24/h5-21,30H,4H2,1-3H3,(H,36,40)(H,37,39)(H,38,41)/b29-20-. The first-order chi connectivity index (χ1) is 20.2. The van der Waals surface area contributed by atoms with E-state index in [0.29, 0.717) is 17.7 Å². The van der Waals surface area contributed by atoms with Gasteiger partial charge in [-0.15, -0.1) is 11.8 Å². The monoisotopic (exact) mass is 581 g/mol.